The summed E-state index contributed by atoms with van der Waals surface area (Å²) in [5.41, 5.74) is 8.24. The van der Waals surface area contributed by atoms with Crippen LogP contribution in [0.2, 0.25) is 5.02 Å². The number of nitrogen functional groups attached to an aromatic ring is 1. The molecule has 3 rings (SSSR count). The van der Waals surface area contributed by atoms with E-state index in [9.17, 15) is 9.18 Å². The van der Waals surface area contributed by atoms with Crippen molar-refractivity contribution in [3.05, 3.63) is 58.4 Å². The van der Waals surface area contributed by atoms with Gasteiger partial charge in [0, 0.05) is 22.9 Å². The van der Waals surface area contributed by atoms with Crippen LogP contribution in [0.15, 0.2) is 36.4 Å². The number of fused-ring (bicyclic) bond motifs is 1. The van der Waals surface area contributed by atoms with Crippen LogP contribution in [0, 0.1) is 5.82 Å². The van der Waals surface area contributed by atoms with Gasteiger partial charge in [-0.3, -0.25) is 4.79 Å². The summed E-state index contributed by atoms with van der Waals surface area (Å²) < 4.78 is 13.9. The van der Waals surface area contributed by atoms with Crippen molar-refractivity contribution in [3.63, 3.8) is 0 Å². The molecule has 2 aromatic rings. The van der Waals surface area contributed by atoms with E-state index >= 15 is 0 Å². The quantitative estimate of drug-likeness (QED) is 0.817. The summed E-state index contributed by atoms with van der Waals surface area (Å²) in [5, 5.41) is 0.342. The number of anilines is 2. The number of nitrogens with zero attached hydrogens (tertiary/aromatic N) is 1. The van der Waals surface area contributed by atoms with E-state index in [1.54, 1.807) is 11.0 Å². The monoisotopic (exact) mass is 304 g/mol. The largest absolute Gasteiger partial charge is 0.399 e. The lowest BCUT2D eigenvalue weighted by Gasteiger charge is -2.30. The number of carbonyl (C=O) groups is 1. The van der Waals surface area contributed by atoms with Gasteiger partial charge in [-0.2, -0.15) is 0 Å². The summed E-state index contributed by atoms with van der Waals surface area (Å²) >= 11 is 5.87. The van der Waals surface area contributed by atoms with Crippen LogP contribution in [0.25, 0.3) is 0 Å². The summed E-state index contributed by atoms with van der Waals surface area (Å²) in [6.45, 7) is 0.557. The molecule has 5 heteroatoms. The summed E-state index contributed by atoms with van der Waals surface area (Å²) in [7, 11) is 0. The number of benzene rings is 2. The molecule has 0 bridgehead atoms. The van der Waals surface area contributed by atoms with E-state index in [1.807, 2.05) is 12.1 Å². The average Bonchev–Trinajstić information content (AvgIpc) is 2.48. The molecule has 0 aliphatic carbocycles. The third-order valence-corrected chi connectivity index (χ3v) is 3.86. The lowest BCUT2D eigenvalue weighted by molar-refractivity contribution is 0.0981. The molecule has 2 N–H and O–H groups in total. The molecule has 0 spiro atoms. The molecule has 0 unspecified atom stereocenters. The molecule has 1 aliphatic rings. The minimum absolute atomic E-state index is 0.00725. The van der Waals surface area contributed by atoms with Gasteiger partial charge in [0.2, 0.25) is 0 Å². The molecule has 0 atom stereocenters. The van der Waals surface area contributed by atoms with Crippen LogP contribution in [-0.2, 0) is 6.42 Å². The molecule has 0 saturated heterocycles. The van der Waals surface area contributed by atoms with E-state index in [4.69, 9.17) is 17.3 Å². The van der Waals surface area contributed by atoms with Gasteiger partial charge >= 0.3 is 0 Å². The molecule has 1 heterocycles. The van der Waals surface area contributed by atoms with Crippen LogP contribution in [-0.4, -0.2) is 12.5 Å². The number of rotatable bonds is 1. The normalized spacial score (nSPS) is 13.9. The van der Waals surface area contributed by atoms with Crippen LogP contribution in [0.3, 0.4) is 0 Å². The lowest BCUT2D eigenvalue weighted by Crippen LogP contribution is -2.36. The number of hydrogen-bond donors (Lipinski definition) is 1. The first kappa shape index (κ1) is 13.9. The Morgan fingerprint density at radius 3 is 2.86 bits per heavy atom. The van der Waals surface area contributed by atoms with Gasteiger partial charge in [0.15, 0.2) is 0 Å². The smallest absolute Gasteiger partial charge is 0.261 e. The number of halogens is 2. The Balaban J connectivity index is 2.02. The maximum Gasteiger partial charge on any atom is 0.261 e. The predicted octanol–water partition coefficient (Wildman–Crippen LogP) is 3.65. The summed E-state index contributed by atoms with van der Waals surface area (Å²) in [6.07, 6.45) is 1.69. The van der Waals surface area contributed by atoms with Crippen LogP contribution >= 0.6 is 11.6 Å². The van der Waals surface area contributed by atoms with Gasteiger partial charge in [0.25, 0.3) is 5.91 Å². The van der Waals surface area contributed by atoms with Crippen molar-refractivity contribution in [2.75, 3.05) is 17.2 Å². The Bertz CT molecular complexity index is 717. The number of carbonyl (C=O) groups excluding carboxylic acids is 1. The molecule has 0 fully saturated rings. The minimum atomic E-state index is -0.563. The van der Waals surface area contributed by atoms with Gasteiger partial charge < -0.3 is 10.6 Å². The van der Waals surface area contributed by atoms with Crippen LogP contribution in [0.5, 0.6) is 0 Å². The zero-order valence-electron chi connectivity index (χ0n) is 11.3. The molecule has 21 heavy (non-hydrogen) atoms. The average molecular weight is 305 g/mol. The van der Waals surface area contributed by atoms with Crippen molar-refractivity contribution in [1.29, 1.82) is 0 Å². The van der Waals surface area contributed by atoms with E-state index in [1.165, 1.54) is 18.2 Å². The van der Waals surface area contributed by atoms with Crippen LogP contribution in [0.4, 0.5) is 15.8 Å². The molecular weight excluding hydrogens is 291 g/mol. The Labute approximate surface area is 127 Å². The molecule has 0 saturated carbocycles. The van der Waals surface area contributed by atoms with Crippen LogP contribution < -0.4 is 10.6 Å². The van der Waals surface area contributed by atoms with Gasteiger partial charge in [-0.25, -0.2) is 4.39 Å². The standard InChI is InChI=1S/C16H14ClFN2O/c17-11-3-5-14(18)13(9-11)16(21)20-7-1-2-10-8-12(19)4-6-15(10)20/h3-6,8-9H,1-2,7,19H2. The van der Waals surface area contributed by atoms with E-state index in [0.29, 0.717) is 17.3 Å². The van der Waals surface area contributed by atoms with E-state index in [-0.39, 0.29) is 11.5 Å². The number of aryl methyl sites for hydroxylation is 1. The van der Waals surface area contributed by atoms with Crippen molar-refractivity contribution in [2.45, 2.75) is 12.8 Å². The van der Waals surface area contributed by atoms with E-state index in [0.717, 1.165) is 24.1 Å². The van der Waals surface area contributed by atoms with Crippen molar-refractivity contribution < 1.29 is 9.18 Å². The van der Waals surface area contributed by atoms with E-state index < -0.39 is 5.82 Å². The van der Waals surface area contributed by atoms with E-state index in [2.05, 4.69) is 0 Å². The number of nitrogens with two attached hydrogens (primary N) is 1. The molecule has 3 nitrogen and oxygen atoms in total. The summed E-state index contributed by atoms with van der Waals surface area (Å²) in [5.74, 6) is -0.937. The molecule has 1 aliphatic heterocycles. The maximum absolute atomic E-state index is 13.9. The first-order valence-corrected chi connectivity index (χ1v) is 7.09. The fourth-order valence-corrected chi connectivity index (χ4v) is 2.81. The van der Waals surface area contributed by atoms with Crippen molar-refractivity contribution >= 4 is 28.9 Å². The van der Waals surface area contributed by atoms with Gasteiger partial charge in [-0.15, -0.1) is 0 Å². The Kier molecular flexibility index (Phi) is 3.55. The summed E-state index contributed by atoms with van der Waals surface area (Å²) in [4.78, 5) is 14.2. The third kappa shape index (κ3) is 2.59. The highest BCUT2D eigenvalue weighted by Gasteiger charge is 2.25. The van der Waals surface area contributed by atoms with Crippen molar-refractivity contribution in [1.82, 2.24) is 0 Å². The molecular formula is C16H14ClFN2O. The minimum Gasteiger partial charge on any atom is -0.399 e. The molecule has 108 valence electrons. The second-order valence-corrected chi connectivity index (χ2v) is 5.51. The molecule has 2 aromatic carbocycles. The molecule has 1 amide bonds. The number of hydrogen-bond acceptors (Lipinski definition) is 2. The Hall–Kier alpha value is -2.07. The predicted molar refractivity (Wildman–Crippen MR) is 82.3 cm³/mol. The maximum atomic E-state index is 13.9. The SMILES string of the molecule is Nc1ccc2c(c1)CCCN2C(=O)c1cc(Cl)ccc1F. The number of amides is 1. The van der Waals surface area contributed by atoms with Gasteiger partial charge in [-0.05, 0) is 54.8 Å². The van der Waals surface area contributed by atoms with Crippen molar-refractivity contribution in [2.24, 2.45) is 0 Å². The lowest BCUT2D eigenvalue weighted by atomic mass is 10.00. The highest BCUT2D eigenvalue weighted by molar-refractivity contribution is 6.31. The molecule has 0 aromatic heterocycles. The van der Waals surface area contributed by atoms with Gasteiger partial charge in [0.05, 0.1) is 5.56 Å². The second kappa shape index (κ2) is 5.37. The fourth-order valence-electron chi connectivity index (χ4n) is 2.63. The fraction of sp³-hybridized carbons (Fsp3) is 0.188. The van der Waals surface area contributed by atoms with Crippen molar-refractivity contribution in [3.8, 4) is 0 Å². The second-order valence-electron chi connectivity index (χ2n) is 5.07. The highest BCUT2D eigenvalue weighted by atomic mass is 35.5. The van der Waals surface area contributed by atoms with Gasteiger partial charge in [0.1, 0.15) is 5.82 Å². The van der Waals surface area contributed by atoms with Crippen LogP contribution in [0.1, 0.15) is 22.3 Å². The zero-order valence-corrected chi connectivity index (χ0v) is 12.0. The topological polar surface area (TPSA) is 46.3 Å². The summed E-state index contributed by atoms with van der Waals surface area (Å²) in [6, 6.07) is 9.43. The molecule has 0 radical (unpaired) electrons. The third-order valence-electron chi connectivity index (χ3n) is 3.63. The van der Waals surface area contributed by atoms with Gasteiger partial charge in [-0.1, -0.05) is 11.6 Å². The zero-order chi connectivity index (χ0) is 15.0. The Morgan fingerprint density at radius 1 is 1.24 bits per heavy atom. The Morgan fingerprint density at radius 2 is 2.05 bits per heavy atom. The highest BCUT2D eigenvalue weighted by Crippen LogP contribution is 2.30. The first-order valence-electron chi connectivity index (χ1n) is 6.71. The first-order chi connectivity index (χ1) is 10.1.